The van der Waals surface area contributed by atoms with Crippen LogP contribution in [0.4, 0.5) is 0 Å². The molecule has 8 heteroatoms. The normalized spacial score (nSPS) is 18.6. The third kappa shape index (κ3) is 3.14. The number of aromatic nitrogens is 2. The number of amides is 1. The summed E-state index contributed by atoms with van der Waals surface area (Å²) in [5.41, 5.74) is 2.60. The second kappa shape index (κ2) is 6.85. The lowest BCUT2D eigenvalue weighted by atomic mass is 10.1. The second-order valence-corrected chi connectivity index (χ2v) is 8.79. The molecule has 0 radical (unpaired) electrons. The Bertz CT molecular complexity index is 900. The molecule has 138 valence electrons. The minimum Gasteiger partial charge on any atom is -0.348 e. The van der Waals surface area contributed by atoms with E-state index >= 15 is 0 Å². The fraction of sp³-hybridized carbons (Fsp3) is 0.444. The van der Waals surface area contributed by atoms with Crippen LogP contribution < -0.4 is 5.32 Å². The van der Waals surface area contributed by atoms with Crippen LogP contribution in [0.15, 0.2) is 35.2 Å². The first kappa shape index (κ1) is 17.2. The Morgan fingerprint density at radius 2 is 1.88 bits per heavy atom. The van der Waals surface area contributed by atoms with Crippen LogP contribution in [0.3, 0.4) is 0 Å². The lowest BCUT2D eigenvalue weighted by Gasteiger charge is -2.31. The van der Waals surface area contributed by atoms with Gasteiger partial charge in [-0.15, -0.1) is 0 Å². The summed E-state index contributed by atoms with van der Waals surface area (Å²) in [6, 6.07) is 8.44. The number of sulfonamides is 1. The monoisotopic (exact) mass is 374 g/mol. The molecule has 1 amide bonds. The van der Waals surface area contributed by atoms with Crippen molar-refractivity contribution in [3.05, 3.63) is 47.3 Å². The van der Waals surface area contributed by atoms with Crippen LogP contribution in [0.2, 0.25) is 0 Å². The van der Waals surface area contributed by atoms with Gasteiger partial charge in [0.15, 0.2) is 5.69 Å². The average Bonchev–Trinajstić information content (AvgIpc) is 3.26. The number of aryl methyl sites for hydroxylation is 1. The third-order valence-corrected chi connectivity index (χ3v) is 7.10. The van der Waals surface area contributed by atoms with E-state index in [1.807, 2.05) is 0 Å². The van der Waals surface area contributed by atoms with Crippen LogP contribution in [0.25, 0.3) is 0 Å². The maximum Gasteiger partial charge on any atom is 0.272 e. The molecule has 0 unspecified atom stereocenters. The number of nitrogens with one attached hydrogen (secondary N) is 2. The van der Waals surface area contributed by atoms with Gasteiger partial charge in [-0.1, -0.05) is 18.2 Å². The predicted molar refractivity (Wildman–Crippen MR) is 96.3 cm³/mol. The molecule has 7 nitrogen and oxygen atoms in total. The topological polar surface area (TPSA) is 95.2 Å². The highest BCUT2D eigenvalue weighted by Crippen LogP contribution is 2.24. The second-order valence-electron chi connectivity index (χ2n) is 6.85. The molecule has 1 aliphatic carbocycles. The summed E-state index contributed by atoms with van der Waals surface area (Å²) >= 11 is 0. The van der Waals surface area contributed by atoms with E-state index in [1.165, 1.54) is 4.31 Å². The van der Waals surface area contributed by atoms with Crippen LogP contribution >= 0.6 is 0 Å². The molecule has 2 aliphatic rings. The number of H-pyrrole nitrogens is 1. The Balaban J connectivity index is 1.37. The molecule has 4 rings (SSSR count). The van der Waals surface area contributed by atoms with Crippen molar-refractivity contribution >= 4 is 15.9 Å². The minimum atomic E-state index is -3.46. The lowest BCUT2D eigenvalue weighted by molar-refractivity contribution is 0.0918. The van der Waals surface area contributed by atoms with Crippen LogP contribution in [0, 0.1) is 0 Å². The van der Waals surface area contributed by atoms with Crippen LogP contribution in [-0.4, -0.2) is 48.0 Å². The van der Waals surface area contributed by atoms with E-state index in [2.05, 4.69) is 15.5 Å². The predicted octanol–water partition coefficient (Wildman–Crippen LogP) is 1.48. The summed E-state index contributed by atoms with van der Waals surface area (Å²) in [4.78, 5) is 12.8. The number of rotatable bonds is 4. The summed E-state index contributed by atoms with van der Waals surface area (Å²) in [5.74, 6) is -0.159. The highest BCUT2D eigenvalue weighted by Gasteiger charge is 2.31. The first-order chi connectivity index (χ1) is 12.6. The SMILES string of the molecule is O=C(NC1CCN(S(=O)(=O)c2ccccc2)CC1)c1n[nH]c2c1CCC2. The molecule has 2 heterocycles. The number of hydrogen-bond acceptors (Lipinski definition) is 4. The van der Waals surface area contributed by atoms with E-state index in [9.17, 15) is 13.2 Å². The molecule has 0 spiro atoms. The lowest BCUT2D eigenvalue weighted by Crippen LogP contribution is -2.46. The number of benzene rings is 1. The van der Waals surface area contributed by atoms with Gasteiger partial charge < -0.3 is 5.32 Å². The molecule has 1 saturated heterocycles. The molecule has 2 aromatic rings. The number of carbonyl (C=O) groups is 1. The number of fused-ring (bicyclic) bond motifs is 1. The van der Waals surface area contributed by atoms with E-state index in [0.717, 1.165) is 30.5 Å². The number of nitrogens with zero attached hydrogens (tertiary/aromatic N) is 2. The van der Waals surface area contributed by atoms with Crippen molar-refractivity contribution in [2.75, 3.05) is 13.1 Å². The molecule has 1 aromatic carbocycles. The van der Waals surface area contributed by atoms with Gasteiger partial charge >= 0.3 is 0 Å². The largest absolute Gasteiger partial charge is 0.348 e. The standard InChI is InChI=1S/C18H22N4O3S/c23-18(17-15-7-4-8-16(15)20-21-17)19-13-9-11-22(12-10-13)26(24,25)14-5-2-1-3-6-14/h1-3,5-6,13H,4,7-12H2,(H,19,23)(H,20,21). The van der Waals surface area contributed by atoms with Crippen molar-refractivity contribution in [1.82, 2.24) is 19.8 Å². The van der Waals surface area contributed by atoms with Crippen LogP contribution in [0.1, 0.15) is 41.0 Å². The van der Waals surface area contributed by atoms with Gasteiger partial charge in [0, 0.05) is 30.4 Å². The fourth-order valence-electron chi connectivity index (χ4n) is 3.74. The van der Waals surface area contributed by atoms with Gasteiger partial charge in [-0.2, -0.15) is 9.40 Å². The van der Waals surface area contributed by atoms with Crippen LogP contribution in [0.5, 0.6) is 0 Å². The maximum atomic E-state index is 12.7. The molecule has 0 atom stereocenters. The molecule has 26 heavy (non-hydrogen) atoms. The summed E-state index contributed by atoms with van der Waals surface area (Å²) in [5, 5.41) is 10.1. The highest BCUT2D eigenvalue weighted by atomic mass is 32.2. The van der Waals surface area contributed by atoms with Gasteiger partial charge in [0.25, 0.3) is 5.91 Å². The van der Waals surface area contributed by atoms with E-state index in [1.54, 1.807) is 30.3 Å². The minimum absolute atomic E-state index is 0.0292. The number of hydrogen-bond donors (Lipinski definition) is 2. The summed E-state index contributed by atoms with van der Waals surface area (Å²) in [6.07, 6.45) is 4.10. The van der Waals surface area contributed by atoms with E-state index in [0.29, 0.717) is 36.5 Å². The molecule has 1 aliphatic heterocycles. The van der Waals surface area contributed by atoms with Crippen molar-refractivity contribution < 1.29 is 13.2 Å². The van der Waals surface area contributed by atoms with E-state index < -0.39 is 10.0 Å². The summed E-state index contributed by atoms with van der Waals surface area (Å²) in [7, 11) is -3.46. The molecule has 2 N–H and O–H groups in total. The van der Waals surface area contributed by atoms with Gasteiger partial charge in [0.05, 0.1) is 4.90 Å². The molecule has 1 fully saturated rings. The third-order valence-electron chi connectivity index (χ3n) is 5.19. The zero-order chi connectivity index (χ0) is 18.1. The van der Waals surface area contributed by atoms with Crippen molar-refractivity contribution in [3.63, 3.8) is 0 Å². The number of carbonyl (C=O) groups excluding carboxylic acids is 1. The zero-order valence-corrected chi connectivity index (χ0v) is 15.3. The van der Waals surface area contributed by atoms with Gasteiger partial charge in [-0.25, -0.2) is 8.42 Å². The molecular weight excluding hydrogens is 352 g/mol. The Hall–Kier alpha value is -2.19. The van der Waals surface area contributed by atoms with E-state index in [-0.39, 0.29) is 11.9 Å². The highest BCUT2D eigenvalue weighted by molar-refractivity contribution is 7.89. The first-order valence-corrected chi connectivity index (χ1v) is 10.4. The summed E-state index contributed by atoms with van der Waals surface area (Å²) < 4.78 is 26.8. The van der Waals surface area contributed by atoms with Gasteiger partial charge in [-0.05, 0) is 44.2 Å². The molecule has 0 bridgehead atoms. The quantitative estimate of drug-likeness (QED) is 0.847. The molecule has 0 saturated carbocycles. The van der Waals surface area contributed by atoms with Crippen molar-refractivity contribution in [2.45, 2.75) is 43.0 Å². The van der Waals surface area contributed by atoms with Gasteiger partial charge in [-0.3, -0.25) is 9.89 Å². The number of aromatic amines is 1. The Labute approximate surface area is 152 Å². The van der Waals surface area contributed by atoms with Gasteiger partial charge in [0.1, 0.15) is 0 Å². The maximum absolute atomic E-state index is 12.7. The zero-order valence-electron chi connectivity index (χ0n) is 14.4. The van der Waals surface area contributed by atoms with Crippen molar-refractivity contribution in [3.8, 4) is 0 Å². The molecular formula is C18H22N4O3S. The Morgan fingerprint density at radius 1 is 1.15 bits per heavy atom. The Morgan fingerprint density at radius 3 is 2.62 bits per heavy atom. The van der Waals surface area contributed by atoms with Gasteiger partial charge in [0.2, 0.25) is 10.0 Å². The average molecular weight is 374 g/mol. The van der Waals surface area contributed by atoms with Crippen molar-refractivity contribution in [1.29, 1.82) is 0 Å². The van der Waals surface area contributed by atoms with E-state index in [4.69, 9.17) is 0 Å². The summed E-state index contributed by atoms with van der Waals surface area (Å²) in [6.45, 7) is 0.807. The molecule has 1 aromatic heterocycles. The van der Waals surface area contributed by atoms with Crippen molar-refractivity contribution in [2.24, 2.45) is 0 Å². The number of piperidine rings is 1. The first-order valence-electron chi connectivity index (χ1n) is 8.98. The smallest absolute Gasteiger partial charge is 0.272 e. The Kier molecular flexibility index (Phi) is 4.54. The fourth-order valence-corrected chi connectivity index (χ4v) is 5.23. The van der Waals surface area contributed by atoms with Crippen LogP contribution in [-0.2, 0) is 22.9 Å².